The first-order valence-electron chi connectivity index (χ1n) is 7.38. The summed E-state index contributed by atoms with van der Waals surface area (Å²) in [4.78, 5) is 0. The standard InChI is InChI=1S/C16H26BrNO3/c1-4-6-20-8-9-21-16-13(2)10-15(17)11-14(16)12-18-5-7-19-3/h10-11,18H,4-9,12H2,1-3H3. The maximum absolute atomic E-state index is 5.91. The molecule has 0 aliphatic heterocycles. The summed E-state index contributed by atoms with van der Waals surface area (Å²) < 4.78 is 17.5. The Morgan fingerprint density at radius 2 is 1.95 bits per heavy atom. The molecular weight excluding hydrogens is 334 g/mol. The summed E-state index contributed by atoms with van der Waals surface area (Å²) in [5.74, 6) is 0.947. The van der Waals surface area contributed by atoms with Crippen molar-refractivity contribution in [3.05, 3.63) is 27.7 Å². The van der Waals surface area contributed by atoms with Gasteiger partial charge in [-0.1, -0.05) is 22.9 Å². The smallest absolute Gasteiger partial charge is 0.126 e. The third-order valence-electron chi connectivity index (χ3n) is 2.94. The number of aryl methyl sites for hydroxylation is 1. The summed E-state index contributed by atoms with van der Waals surface area (Å²) in [6.45, 7) is 8.43. The molecule has 5 heteroatoms. The zero-order valence-electron chi connectivity index (χ0n) is 13.2. The Balaban J connectivity index is 2.57. The number of nitrogens with one attached hydrogen (secondary N) is 1. The first kappa shape index (κ1) is 18.4. The van der Waals surface area contributed by atoms with Gasteiger partial charge in [0.25, 0.3) is 0 Å². The van der Waals surface area contributed by atoms with Crippen molar-refractivity contribution in [2.24, 2.45) is 0 Å². The van der Waals surface area contributed by atoms with E-state index in [4.69, 9.17) is 14.2 Å². The van der Waals surface area contributed by atoms with Gasteiger partial charge in [-0.15, -0.1) is 0 Å². The first-order chi connectivity index (χ1) is 10.2. The Bertz CT molecular complexity index is 413. The van der Waals surface area contributed by atoms with Crippen molar-refractivity contribution >= 4 is 15.9 Å². The van der Waals surface area contributed by atoms with E-state index in [-0.39, 0.29) is 0 Å². The van der Waals surface area contributed by atoms with Gasteiger partial charge in [-0.2, -0.15) is 0 Å². The summed E-state index contributed by atoms with van der Waals surface area (Å²) in [7, 11) is 1.70. The van der Waals surface area contributed by atoms with E-state index in [1.54, 1.807) is 7.11 Å². The molecule has 120 valence electrons. The van der Waals surface area contributed by atoms with Crippen LogP contribution in [0.4, 0.5) is 0 Å². The van der Waals surface area contributed by atoms with Crippen LogP contribution in [0.1, 0.15) is 24.5 Å². The van der Waals surface area contributed by atoms with Crippen LogP contribution in [0.25, 0.3) is 0 Å². The van der Waals surface area contributed by atoms with E-state index in [9.17, 15) is 0 Å². The van der Waals surface area contributed by atoms with E-state index in [0.29, 0.717) is 19.8 Å². The number of ether oxygens (including phenoxy) is 3. The van der Waals surface area contributed by atoms with Crippen molar-refractivity contribution in [3.8, 4) is 5.75 Å². The molecule has 4 nitrogen and oxygen atoms in total. The molecule has 1 N–H and O–H groups in total. The Morgan fingerprint density at radius 3 is 2.67 bits per heavy atom. The van der Waals surface area contributed by atoms with Crippen LogP contribution in [0, 0.1) is 6.92 Å². The maximum atomic E-state index is 5.91. The van der Waals surface area contributed by atoms with Crippen LogP contribution >= 0.6 is 15.9 Å². The summed E-state index contributed by atoms with van der Waals surface area (Å²) in [6.07, 6.45) is 1.03. The largest absolute Gasteiger partial charge is 0.491 e. The van der Waals surface area contributed by atoms with E-state index in [2.05, 4.69) is 47.2 Å². The summed E-state index contributed by atoms with van der Waals surface area (Å²) in [6, 6.07) is 4.16. The zero-order valence-corrected chi connectivity index (χ0v) is 14.8. The Kier molecular flexibility index (Phi) is 9.67. The first-order valence-corrected chi connectivity index (χ1v) is 8.17. The highest BCUT2D eigenvalue weighted by atomic mass is 79.9. The number of rotatable bonds is 11. The quantitative estimate of drug-likeness (QED) is 0.615. The van der Waals surface area contributed by atoms with Crippen molar-refractivity contribution in [2.45, 2.75) is 26.8 Å². The lowest BCUT2D eigenvalue weighted by Crippen LogP contribution is -2.19. The van der Waals surface area contributed by atoms with Crippen molar-refractivity contribution in [2.75, 3.05) is 40.1 Å². The molecule has 0 saturated carbocycles. The molecular formula is C16H26BrNO3. The van der Waals surface area contributed by atoms with Gasteiger partial charge >= 0.3 is 0 Å². The SMILES string of the molecule is CCCOCCOc1c(C)cc(Br)cc1CNCCOC. The lowest BCUT2D eigenvalue weighted by atomic mass is 10.1. The van der Waals surface area contributed by atoms with Gasteiger partial charge in [0.1, 0.15) is 12.4 Å². The molecule has 21 heavy (non-hydrogen) atoms. The van der Waals surface area contributed by atoms with E-state index in [1.165, 1.54) is 0 Å². The molecule has 0 fully saturated rings. The van der Waals surface area contributed by atoms with Gasteiger partial charge in [0.15, 0.2) is 0 Å². The van der Waals surface area contributed by atoms with Gasteiger partial charge in [0, 0.05) is 36.8 Å². The minimum atomic E-state index is 0.577. The van der Waals surface area contributed by atoms with Gasteiger partial charge in [-0.05, 0) is 31.0 Å². The van der Waals surface area contributed by atoms with Gasteiger partial charge in [-0.25, -0.2) is 0 Å². The summed E-state index contributed by atoms with van der Waals surface area (Å²) in [5, 5.41) is 3.35. The molecule has 0 saturated heterocycles. The number of benzene rings is 1. The highest BCUT2D eigenvalue weighted by Crippen LogP contribution is 2.28. The number of methoxy groups -OCH3 is 1. The number of hydrogen-bond acceptors (Lipinski definition) is 4. The molecule has 1 aromatic rings. The Labute approximate surface area is 136 Å². The van der Waals surface area contributed by atoms with Gasteiger partial charge in [0.05, 0.1) is 13.2 Å². The second-order valence-corrected chi connectivity index (χ2v) is 5.76. The number of hydrogen-bond donors (Lipinski definition) is 1. The molecule has 0 aliphatic carbocycles. The van der Waals surface area contributed by atoms with Crippen molar-refractivity contribution < 1.29 is 14.2 Å². The molecule has 0 aliphatic rings. The van der Waals surface area contributed by atoms with E-state index in [1.807, 2.05) is 0 Å². The van der Waals surface area contributed by atoms with Crippen molar-refractivity contribution in [1.82, 2.24) is 5.32 Å². The molecule has 0 heterocycles. The van der Waals surface area contributed by atoms with Gasteiger partial charge in [-0.3, -0.25) is 0 Å². The average Bonchev–Trinajstić information content (AvgIpc) is 2.45. The molecule has 0 unspecified atom stereocenters. The van der Waals surface area contributed by atoms with Crippen LogP contribution in [0.5, 0.6) is 5.75 Å². The maximum Gasteiger partial charge on any atom is 0.126 e. The molecule has 0 bridgehead atoms. The summed E-state index contributed by atoms with van der Waals surface area (Å²) in [5.41, 5.74) is 2.27. The van der Waals surface area contributed by atoms with Crippen LogP contribution in [0.15, 0.2) is 16.6 Å². The zero-order chi connectivity index (χ0) is 15.5. The predicted octanol–water partition coefficient (Wildman–Crippen LogP) is 3.30. The molecule has 0 amide bonds. The molecule has 0 aromatic heterocycles. The molecule has 0 atom stereocenters. The normalized spacial score (nSPS) is 10.9. The topological polar surface area (TPSA) is 39.7 Å². The fourth-order valence-corrected chi connectivity index (χ4v) is 2.60. The third-order valence-corrected chi connectivity index (χ3v) is 3.40. The lowest BCUT2D eigenvalue weighted by Gasteiger charge is -2.15. The van der Waals surface area contributed by atoms with Crippen LogP contribution in [0.2, 0.25) is 0 Å². The van der Waals surface area contributed by atoms with Crippen molar-refractivity contribution in [3.63, 3.8) is 0 Å². The monoisotopic (exact) mass is 359 g/mol. The molecule has 0 radical (unpaired) electrons. The van der Waals surface area contributed by atoms with Crippen LogP contribution in [0.3, 0.4) is 0 Å². The number of halogens is 1. The van der Waals surface area contributed by atoms with Gasteiger partial charge in [0.2, 0.25) is 0 Å². The predicted molar refractivity (Wildman–Crippen MR) is 89.1 cm³/mol. The highest BCUT2D eigenvalue weighted by Gasteiger charge is 2.09. The Morgan fingerprint density at radius 1 is 1.14 bits per heavy atom. The minimum absolute atomic E-state index is 0.577. The molecule has 0 spiro atoms. The van der Waals surface area contributed by atoms with E-state index < -0.39 is 0 Å². The highest BCUT2D eigenvalue weighted by molar-refractivity contribution is 9.10. The fourth-order valence-electron chi connectivity index (χ4n) is 1.98. The molecule has 1 rings (SSSR count). The second kappa shape index (κ2) is 11.0. The fraction of sp³-hybridized carbons (Fsp3) is 0.625. The van der Waals surface area contributed by atoms with Crippen molar-refractivity contribution in [1.29, 1.82) is 0 Å². The minimum Gasteiger partial charge on any atom is -0.491 e. The van der Waals surface area contributed by atoms with Crippen LogP contribution in [-0.2, 0) is 16.0 Å². The van der Waals surface area contributed by atoms with E-state index in [0.717, 1.165) is 47.5 Å². The summed E-state index contributed by atoms with van der Waals surface area (Å²) >= 11 is 3.54. The third kappa shape index (κ3) is 7.27. The lowest BCUT2D eigenvalue weighted by molar-refractivity contribution is 0.0999. The van der Waals surface area contributed by atoms with Crippen LogP contribution < -0.4 is 10.1 Å². The second-order valence-electron chi connectivity index (χ2n) is 4.84. The average molecular weight is 360 g/mol. The molecule has 1 aromatic carbocycles. The van der Waals surface area contributed by atoms with E-state index >= 15 is 0 Å². The van der Waals surface area contributed by atoms with Gasteiger partial charge < -0.3 is 19.5 Å². The van der Waals surface area contributed by atoms with Crippen LogP contribution in [-0.4, -0.2) is 40.1 Å². The Hall–Kier alpha value is -0.620.